The van der Waals surface area contributed by atoms with Crippen molar-refractivity contribution in [1.29, 1.82) is 0 Å². The second-order valence-electron chi connectivity index (χ2n) is 7.28. The van der Waals surface area contributed by atoms with E-state index in [1.807, 2.05) is 4.57 Å². The van der Waals surface area contributed by atoms with Crippen LogP contribution in [0.3, 0.4) is 0 Å². The fourth-order valence-corrected chi connectivity index (χ4v) is 3.68. The van der Waals surface area contributed by atoms with Gasteiger partial charge < -0.3 is 20.6 Å². The molecule has 0 unspecified atom stereocenters. The zero-order valence-corrected chi connectivity index (χ0v) is 15.6. The number of nitrogens with zero attached hydrogens (tertiary/aromatic N) is 1. The average Bonchev–Trinajstić information content (AvgIpc) is 2.91. The van der Waals surface area contributed by atoms with Crippen LogP contribution in [-0.4, -0.2) is 21.0 Å². The SMILES string of the molecule is CC(C)(N)C(=O)NCc1c[nH]c(=S)n1[C@H]1CCc2c(F)cc(F)cc2C1. The number of nitrogens with two attached hydrogens (primary N) is 1. The third kappa shape index (κ3) is 3.71. The Kier molecular flexibility index (Phi) is 4.98. The molecule has 2 aromatic rings. The fourth-order valence-electron chi connectivity index (χ4n) is 3.36. The van der Waals surface area contributed by atoms with Gasteiger partial charge in [0.1, 0.15) is 11.6 Å². The molecular weight excluding hydrogens is 358 g/mol. The van der Waals surface area contributed by atoms with Crippen LogP contribution in [0.25, 0.3) is 0 Å². The van der Waals surface area contributed by atoms with E-state index >= 15 is 0 Å². The summed E-state index contributed by atoms with van der Waals surface area (Å²) in [5.41, 5.74) is 6.86. The number of carbonyl (C=O) groups excluding carboxylic acids is 1. The van der Waals surface area contributed by atoms with Crippen LogP contribution in [0.5, 0.6) is 0 Å². The van der Waals surface area contributed by atoms with Crippen LogP contribution in [0.15, 0.2) is 18.3 Å². The van der Waals surface area contributed by atoms with E-state index < -0.39 is 17.2 Å². The lowest BCUT2D eigenvalue weighted by Crippen LogP contribution is -2.48. The molecule has 140 valence electrons. The number of carbonyl (C=O) groups is 1. The number of aromatic amines is 1. The number of aromatic nitrogens is 2. The molecule has 0 saturated heterocycles. The van der Waals surface area contributed by atoms with Gasteiger partial charge in [-0.25, -0.2) is 8.78 Å². The highest BCUT2D eigenvalue weighted by Crippen LogP contribution is 2.32. The molecule has 8 heteroatoms. The Morgan fingerprint density at radius 2 is 2.19 bits per heavy atom. The van der Waals surface area contributed by atoms with Gasteiger partial charge in [0, 0.05) is 18.3 Å². The molecule has 4 N–H and O–H groups in total. The van der Waals surface area contributed by atoms with Crippen LogP contribution in [0.2, 0.25) is 0 Å². The van der Waals surface area contributed by atoms with E-state index in [0.717, 1.165) is 11.8 Å². The molecule has 5 nitrogen and oxygen atoms in total. The van der Waals surface area contributed by atoms with Crippen molar-refractivity contribution < 1.29 is 13.6 Å². The largest absolute Gasteiger partial charge is 0.349 e. The maximum absolute atomic E-state index is 13.9. The molecular formula is C18H22F2N4OS. The third-order valence-electron chi connectivity index (χ3n) is 4.71. The van der Waals surface area contributed by atoms with Gasteiger partial charge in [-0.2, -0.15) is 0 Å². The molecule has 0 saturated carbocycles. The number of nitrogens with one attached hydrogen (secondary N) is 2. The van der Waals surface area contributed by atoms with E-state index in [-0.39, 0.29) is 18.5 Å². The van der Waals surface area contributed by atoms with E-state index in [4.69, 9.17) is 18.0 Å². The van der Waals surface area contributed by atoms with Crippen molar-refractivity contribution >= 4 is 18.1 Å². The summed E-state index contributed by atoms with van der Waals surface area (Å²) in [5, 5.41) is 2.80. The van der Waals surface area contributed by atoms with Crippen LogP contribution >= 0.6 is 12.2 Å². The highest BCUT2D eigenvalue weighted by molar-refractivity contribution is 7.71. The monoisotopic (exact) mass is 380 g/mol. The first-order valence-electron chi connectivity index (χ1n) is 8.49. The molecule has 0 aliphatic heterocycles. The van der Waals surface area contributed by atoms with Crippen molar-refractivity contribution in [3.63, 3.8) is 0 Å². The summed E-state index contributed by atoms with van der Waals surface area (Å²) in [6.45, 7) is 3.54. The normalized spacial score (nSPS) is 17.0. The van der Waals surface area contributed by atoms with Crippen molar-refractivity contribution in [2.45, 2.75) is 51.2 Å². The minimum Gasteiger partial charge on any atom is -0.349 e. The Morgan fingerprint density at radius 1 is 1.46 bits per heavy atom. The van der Waals surface area contributed by atoms with Gasteiger partial charge >= 0.3 is 0 Å². The molecule has 0 bridgehead atoms. The highest BCUT2D eigenvalue weighted by Gasteiger charge is 2.26. The second-order valence-corrected chi connectivity index (χ2v) is 7.67. The van der Waals surface area contributed by atoms with Gasteiger partial charge in [0.05, 0.1) is 17.8 Å². The molecule has 1 aromatic carbocycles. The number of halogens is 2. The van der Waals surface area contributed by atoms with Crippen LogP contribution in [0, 0.1) is 16.4 Å². The summed E-state index contributed by atoms with van der Waals surface area (Å²) >= 11 is 5.38. The lowest BCUT2D eigenvalue weighted by molar-refractivity contribution is -0.125. The minimum absolute atomic E-state index is 0.0276. The lowest BCUT2D eigenvalue weighted by Gasteiger charge is -2.28. The van der Waals surface area contributed by atoms with Crippen molar-refractivity contribution in [3.8, 4) is 0 Å². The molecule has 1 aliphatic carbocycles. The zero-order valence-electron chi connectivity index (χ0n) is 14.7. The van der Waals surface area contributed by atoms with E-state index in [9.17, 15) is 13.6 Å². The van der Waals surface area contributed by atoms with Crippen LogP contribution in [0.4, 0.5) is 8.78 Å². The quantitative estimate of drug-likeness (QED) is 0.714. The number of benzene rings is 1. The summed E-state index contributed by atoms with van der Waals surface area (Å²) in [6, 6.07) is 2.29. The van der Waals surface area contributed by atoms with Gasteiger partial charge in [-0.3, -0.25) is 4.79 Å². The van der Waals surface area contributed by atoms with Crippen LogP contribution in [-0.2, 0) is 24.2 Å². The van der Waals surface area contributed by atoms with Crippen molar-refractivity contribution in [2.75, 3.05) is 0 Å². The third-order valence-corrected chi connectivity index (χ3v) is 5.02. The summed E-state index contributed by atoms with van der Waals surface area (Å²) in [7, 11) is 0. The lowest BCUT2D eigenvalue weighted by atomic mass is 9.87. The molecule has 1 amide bonds. The number of amides is 1. The van der Waals surface area contributed by atoms with Gasteiger partial charge in [-0.15, -0.1) is 0 Å². The Balaban J connectivity index is 1.83. The van der Waals surface area contributed by atoms with Crippen molar-refractivity contribution in [1.82, 2.24) is 14.9 Å². The predicted molar refractivity (Wildman–Crippen MR) is 97.1 cm³/mol. The van der Waals surface area contributed by atoms with Crippen molar-refractivity contribution in [3.05, 3.63) is 51.6 Å². The molecule has 3 rings (SSSR count). The van der Waals surface area contributed by atoms with Gasteiger partial charge in [0.25, 0.3) is 0 Å². The number of hydrogen-bond donors (Lipinski definition) is 3. The number of rotatable bonds is 4. The molecule has 1 aliphatic rings. The minimum atomic E-state index is -0.975. The molecule has 1 heterocycles. The standard InChI is InChI=1S/C18H22F2N4OS/c1-18(2,21)16(25)22-8-13-9-23-17(26)24(13)12-3-4-14-10(6-12)5-11(19)7-15(14)20/h5,7,9,12H,3-4,6,8,21H2,1-2H3,(H,22,25)(H,23,26)/t12-/m0/s1. The molecule has 0 spiro atoms. The Morgan fingerprint density at radius 3 is 2.88 bits per heavy atom. The Hall–Kier alpha value is -2.06. The smallest absolute Gasteiger partial charge is 0.239 e. The molecule has 26 heavy (non-hydrogen) atoms. The summed E-state index contributed by atoms with van der Waals surface area (Å²) in [5.74, 6) is -1.33. The number of imidazole rings is 1. The molecule has 1 atom stereocenters. The topological polar surface area (TPSA) is 75.8 Å². The average molecular weight is 380 g/mol. The summed E-state index contributed by atoms with van der Waals surface area (Å²) < 4.78 is 30.0. The first-order chi connectivity index (χ1) is 12.2. The van der Waals surface area contributed by atoms with Gasteiger partial charge in [-0.05, 0) is 62.5 Å². The maximum Gasteiger partial charge on any atom is 0.239 e. The van der Waals surface area contributed by atoms with Crippen LogP contribution < -0.4 is 11.1 Å². The van der Waals surface area contributed by atoms with Crippen LogP contribution in [0.1, 0.15) is 43.1 Å². The zero-order chi connectivity index (χ0) is 19.1. The molecule has 0 radical (unpaired) electrons. The number of hydrogen-bond acceptors (Lipinski definition) is 3. The highest BCUT2D eigenvalue weighted by atomic mass is 32.1. The van der Waals surface area contributed by atoms with Gasteiger partial charge in [0.2, 0.25) is 5.91 Å². The summed E-state index contributed by atoms with van der Waals surface area (Å²) in [6.07, 6.45) is 3.43. The molecule has 1 aromatic heterocycles. The van der Waals surface area contributed by atoms with Crippen molar-refractivity contribution in [2.24, 2.45) is 5.73 Å². The van der Waals surface area contributed by atoms with Gasteiger partial charge in [0.15, 0.2) is 4.77 Å². The maximum atomic E-state index is 13.9. The fraction of sp³-hybridized carbons (Fsp3) is 0.444. The second kappa shape index (κ2) is 6.92. The van der Waals surface area contributed by atoms with Gasteiger partial charge in [-0.1, -0.05) is 0 Å². The van der Waals surface area contributed by atoms with E-state index in [1.54, 1.807) is 20.0 Å². The van der Waals surface area contributed by atoms with E-state index in [2.05, 4.69) is 10.3 Å². The first kappa shape index (κ1) is 18.7. The predicted octanol–water partition coefficient (Wildman–Crippen LogP) is 2.91. The Labute approximate surface area is 155 Å². The van der Waals surface area contributed by atoms with E-state index in [1.165, 1.54) is 6.07 Å². The number of fused-ring (bicyclic) bond motifs is 1. The van der Waals surface area contributed by atoms with E-state index in [0.29, 0.717) is 35.2 Å². The first-order valence-corrected chi connectivity index (χ1v) is 8.90. The Bertz CT molecular complexity index is 898. The number of H-pyrrole nitrogens is 1. The molecule has 0 fully saturated rings. The summed E-state index contributed by atoms with van der Waals surface area (Å²) in [4.78, 5) is 15.0.